The zero-order valence-electron chi connectivity index (χ0n) is 7.45. The molecule has 0 heterocycles. The SMILES string of the molecule is COC1(C)C=CC(Cl)=CC1C(=O)O. The summed E-state index contributed by atoms with van der Waals surface area (Å²) in [5.41, 5.74) is -0.801. The number of rotatable bonds is 2. The Bertz CT molecular complexity index is 283. The summed E-state index contributed by atoms with van der Waals surface area (Å²) >= 11 is 5.70. The summed E-state index contributed by atoms with van der Waals surface area (Å²) in [6.07, 6.45) is 4.78. The molecule has 0 aromatic rings. The van der Waals surface area contributed by atoms with E-state index >= 15 is 0 Å². The highest BCUT2D eigenvalue weighted by Crippen LogP contribution is 2.31. The lowest BCUT2D eigenvalue weighted by molar-refractivity contribution is -0.146. The second-order valence-electron chi connectivity index (χ2n) is 3.09. The highest BCUT2D eigenvalue weighted by Gasteiger charge is 2.37. The van der Waals surface area contributed by atoms with Crippen LogP contribution >= 0.6 is 11.6 Å². The topological polar surface area (TPSA) is 46.5 Å². The predicted octanol–water partition coefficient (Wildman–Crippen LogP) is 1.78. The van der Waals surface area contributed by atoms with Crippen LogP contribution in [0.5, 0.6) is 0 Å². The van der Waals surface area contributed by atoms with E-state index in [1.807, 2.05) is 0 Å². The molecule has 0 aliphatic heterocycles. The first-order chi connectivity index (χ1) is 5.99. The van der Waals surface area contributed by atoms with Crippen molar-refractivity contribution in [2.75, 3.05) is 7.11 Å². The minimum Gasteiger partial charge on any atom is -0.481 e. The summed E-state index contributed by atoms with van der Waals surface area (Å²) in [4.78, 5) is 10.9. The maximum absolute atomic E-state index is 10.9. The van der Waals surface area contributed by atoms with Crippen molar-refractivity contribution in [3.8, 4) is 0 Å². The standard InChI is InChI=1S/C9H11ClO3/c1-9(13-2)4-3-6(10)5-7(9)8(11)12/h3-5,7H,1-2H3,(H,11,12). The summed E-state index contributed by atoms with van der Waals surface area (Å²) in [6, 6.07) is 0. The Morgan fingerprint density at radius 3 is 2.85 bits per heavy atom. The summed E-state index contributed by atoms with van der Waals surface area (Å²) in [7, 11) is 1.48. The van der Waals surface area contributed by atoms with Crippen molar-refractivity contribution in [3.05, 3.63) is 23.3 Å². The quantitative estimate of drug-likeness (QED) is 0.743. The molecular formula is C9H11ClO3. The van der Waals surface area contributed by atoms with Crippen molar-refractivity contribution >= 4 is 17.6 Å². The number of halogens is 1. The lowest BCUT2D eigenvalue weighted by Gasteiger charge is -2.31. The molecule has 0 radical (unpaired) electrons. The van der Waals surface area contributed by atoms with Gasteiger partial charge in [-0.2, -0.15) is 0 Å². The summed E-state index contributed by atoms with van der Waals surface area (Å²) in [5, 5.41) is 9.34. The summed E-state index contributed by atoms with van der Waals surface area (Å²) in [6.45, 7) is 1.71. The second kappa shape index (κ2) is 3.52. The zero-order valence-corrected chi connectivity index (χ0v) is 8.21. The van der Waals surface area contributed by atoms with E-state index in [2.05, 4.69) is 0 Å². The third-order valence-electron chi connectivity index (χ3n) is 2.22. The Morgan fingerprint density at radius 2 is 2.38 bits per heavy atom. The van der Waals surface area contributed by atoms with Crippen LogP contribution in [0.3, 0.4) is 0 Å². The van der Waals surface area contributed by atoms with E-state index in [4.69, 9.17) is 21.4 Å². The number of carboxylic acid groups (broad SMARTS) is 1. The number of hydrogen-bond acceptors (Lipinski definition) is 2. The van der Waals surface area contributed by atoms with Crippen LogP contribution in [0.4, 0.5) is 0 Å². The van der Waals surface area contributed by atoms with Crippen LogP contribution in [-0.4, -0.2) is 23.8 Å². The van der Waals surface area contributed by atoms with Crippen molar-refractivity contribution in [1.82, 2.24) is 0 Å². The first kappa shape index (κ1) is 10.3. The third-order valence-corrected chi connectivity index (χ3v) is 2.47. The van der Waals surface area contributed by atoms with Gasteiger partial charge in [0, 0.05) is 12.1 Å². The zero-order chi connectivity index (χ0) is 10.1. The molecule has 0 saturated heterocycles. The number of carboxylic acids is 1. The number of aliphatic carboxylic acids is 1. The number of carbonyl (C=O) groups is 1. The van der Waals surface area contributed by atoms with Crippen LogP contribution in [0, 0.1) is 5.92 Å². The minimum atomic E-state index is -0.938. The fourth-order valence-electron chi connectivity index (χ4n) is 1.24. The summed E-state index contributed by atoms with van der Waals surface area (Å²) < 4.78 is 5.13. The third kappa shape index (κ3) is 1.92. The Balaban J connectivity index is 3.01. The highest BCUT2D eigenvalue weighted by molar-refractivity contribution is 6.31. The average Bonchev–Trinajstić information content (AvgIpc) is 2.09. The molecule has 2 atom stereocenters. The van der Waals surface area contributed by atoms with Gasteiger partial charge in [0.2, 0.25) is 0 Å². The predicted molar refractivity (Wildman–Crippen MR) is 49.6 cm³/mol. The highest BCUT2D eigenvalue weighted by atomic mass is 35.5. The van der Waals surface area contributed by atoms with E-state index in [0.717, 1.165) is 0 Å². The van der Waals surface area contributed by atoms with Crippen LogP contribution in [0.1, 0.15) is 6.92 Å². The van der Waals surface area contributed by atoms with Gasteiger partial charge in [-0.15, -0.1) is 0 Å². The van der Waals surface area contributed by atoms with E-state index < -0.39 is 17.5 Å². The monoisotopic (exact) mass is 202 g/mol. The van der Waals surface area contributed by atoms with Crippen molar-refractivity contribution in [2.45, 2.75) is 12.5 Å². The fraction of sp³-hybridized carbons (Fsp3) is 0.444. The Kier molecular flexibility index (Phi) is 2.78. The smallest absolute Gasteiger partial charge is 0.313 e. The van der Waals surface area contributed by atoms with Crippen molar-refractivity contribution < 1.29 is 14.6 Å². The molecule has 0 bridgehead atoms. The van der Waals surface area contributed by atoms with Gasteiger partial charge in [0.1, 0.15) is 11.5 Å². The lowest BCUT2D eigenvalue weighted by Crippen LogP contribution is -2.40. The van der Waals surface area contributed by atoms with Gasteiger partial charge in [0.15, 0.2) is 0 Å². The van der Waals surface area contributed by atoms with E-state index in [1.54, 1.807) is 19.1 Å². The molecular weight excluding hydrogens is 192 g/mol. The second-order valence-corrected chi connectivity index (χ2v) is 3.53. The van der Waals surface area contributed by atoms with E-state index in [1.165, 1.54) is 13.2 Å². The van der Waals surface area contributed by atoms with Crippen LogP contribution in [0.2, 0.25) is 0 Å². The van der Waals surface area contributed by atoms with Gasteiger partial charge in [0.05, 0.1) is 0 Å². The molecule has 13 heavy (non-hydrogen) atoms. The fourth-order valence-corrected chi connectivity index (χ4v) is 1.43. The average molecular weight is 203 g/mol. The van der Waals surface area contributed by atoms with Gasteiger partial charge in [-0.05, 0) is 19.1 Å². The van der Waals surface area contributed by atoms with Gasteiger partial charge >= 0.3 is 5.97 Å². The molecule has 72 valence electrons. The molecule has 0 aromatic heterocycles. The van der Waals surface area contributed by atoms with Crippen LogP contribution < -0.4 is 0 Å². The number of methoxy groups -OCH3 is 1. The van der Waals surface area contributed by atoms with Gasteiger partial charge in [-0.3, -0.25) is 4.79 Å². The Morgan fingerprint density at radius 1 is 1.77 bits per heavy atom. The molecule has 4 heteroatoms. The molecule has 3 nitrogen and oxygen atoms in total. The van der Waals surface area contributed by atoms with E-state index in [9.17, 15) is 4.79 Å². The molecule has 1 rings (SSSR count). The molecule has 1 aliphatic carbocycles. The normalized spacial score (nSPS) is 32.8. The molecule has 0 amide bonds. The largest absolute Gasteiger partial charge is 0.481 e. The van der Waals surface area contributed by atoms with Gasteiger partial charge in [-0.25, -0.2) is 0 Å². The van der Waals surface area contributed by atoms with Crippen LogP contribution in [0.15, 0.2) is 23.3 Å². The van der Waals surface area contributed by atoms with Crippen molar-refractivity contribution in [1.29, 1.82) is 0 Å². The van der Waals surface area contributed by atoms with Crippen molar-refractivity contribution in [2.24, 2.45) is 5.92 Å². The lowest BCUT2D eigenvalue weighted by atomic mass is 9.85. The van der Waals surface area contributed by atoms with Gasteiger partial charge in [0.25, 0.3) is 0 Å². The first-order valence-corrected chi connectivity index (χ1v) is 4.22. The molecule has 0 aromatic carbocycles. The maximum atomic E-state index is 10.9. The van der Waals surface area contributed by atoms with Crippen LogP contribution in [-0.2, 0) is 9.53 Å². The molecule has 0 fully saturated rings. The Labute approximate surface area is 81.6 Å². The molecule has 2 unspecified atom stereocenters. The van der Waals surface area contributed by atoms with Gasteiger partial charge in [-0.1, -0.05) is 17.7 Å². The summed E-state index contributed by atoms with van der Waals surface area (Å²) in [5.74, 6) is -1.66. The minimum absolute atomic E-state index is 0.432. The number of hydrogen-bond donors (Lipinski definition) is 1. The Hall–Kier alpha value is -0.800. The van der Waals surface area contributed by atoms with E-state index in [-0.39, 0.29) is 0 Å². The number of ether oxygens (including phenoxy) is 1. The van der Waals surface area contributed by atoms with Crippen LogP contribution in [0.25, 0.3) is 0 Å². The molecule has 1 N–H and O–H groups in total. The molecule has 0 saturated carbocycles. The first-order valence-electron chi connectivity index (χ1n) is 3.84. The van der Waals surface area contributed by atoms with Crippen molar-refractivity contribution in [3.63, 3.8) is 0 Å². The maximum Gasteiger partial charge on any atom is 0.313 e. The molecule has 0 spiro atoms. The number of allylic oxidation sites excluding steroid dienone is 2. The van der Waals surface area contributed by atoms with Gasteiger partial charge < -0.3 is 9.84 Å². The van der Waals surface area contributed by atoms with E-state index in [0.29, 0.717) is 5.03 Å². The molecule has 1 aliphatic rings.